The summed E-state index contributed by atoms with van der Waals surface area (Å²) in [5.74, 6) is -0.166. The normalized spacial score (nSPS) is 10.4. The molecule has 0 atom stereocenters. The highest BCUT2D eigenvalue weighted by Gasteiger charge is 1.94. The molecule has 0 fully saturated rings. The molecule has 0 heterocycles. The van der Waals surface area contributed by atoms with Crippen LogP contribution >= 0.6 is 0 Å². The van der Waals surface area contributed by atoms with E-state index in [0.717, 1.165) is 11.9 Å². The topological polar surface area (TPSA) is 0 Å². The minimum Gasteiger partial charge on any atom is -0.291 e. The Morgan fingerprint density at radius 2 is 1.81 bits per heavy atom. The minimum atomic E-state index is -0.166. The van der Waals surface area contributed by atoms with Gasteiger partial charge in [0.15, 0.2) is 0 Å². The predicted molar refractivity (Wildman–Crippen MR) is 66.7 cm³/mol. The van der Waals surface area contributed by atoms with Crippen molar-refractivity contribution in [3.8, 4) is 0 Å². The smallest absolute Gasteiger partial charge is 0.123 e. The van der Waals surface area contributed by atoms with Gasteiger partial charge in [-0.15, -0.1) is 12.1 Å². The number of hydrogen-bond acceptors (Lipinski definition) is 0. The molecule has 2 heteroatoms. The minimum absolute atomic E-state index is 0.166. The maximum Gasteiger partial charge on any atom is 0.123 e. The molecule has 0 amide bonds. The van der Waals surface area contributed by atoms with Crippen molar-refractivity contribution in [1.29, 1.82) is 0 Å². The zero-order chi connectivity index (χ0) is 11.4. The molecule has 0 aliphatic carbocycles. The molecule has 0 saturated heterocycles. The van der Waals surface area contributed by atoms with Crippen molar-refractivity contribution in [3.05, 3.63) is 65.5 Å². The lowest BCUT2D eigenvalue weighted by Crippen LogP contribution is -2.16. The van der Waals surface area contributed by atoms with Crippen molar-refractivity contribution < 1.29 is 4.39 Å². The molecule has 0 aliphatic rings. The molecule has 0 nitrogen and oxygen atoms in total. The van der Waals surface area contributed by atoms with Crippen molar-refractivity contribution in [2.24, 2.45) is 0 Å². The van der Waals surface area contributed by atoms with E-state index in [4.69, 9.17) is 0 Å². The van der Waals surface area contributed by atoms with Crippen LogP contribution in [0.1, 0.15) is 11.1 Å². The molecule has 0 spiro atoms. The molecule has 2 radical (unpaired) electrons. The van der Waals surface area contributed by atoms with Crippen molar-refractivity contribution in [3.63, 3.8) is 0 Å². The maximum atomic E-state index is 12.9. The van der Waals surface area contributed by atoms with E-state index in [1.807, 2.05) is 31.2 Å². The summed E-state index contributed by atoms with van der Waals surface area (Å²) in [7, 11) is 2.15. The summed E-state index contributed by atoms with van der Waals surface area (Å²) >= 11 is 0. The third-order valence-corrected chi connectivity index (χ3v) is 2.66. The fraction of sp³-hybridized carbons (Fsp3) is 0.143. The average Bonchev–Trinajstić information content (AvgIpc) is 2.29. The monoisotopic (exact) mass is 211 g/mol. The van der Waals surface area contributed by atoms with Crippen LogP contribution in [0.3, 0.4) is 0 Å². The van der Waals surface area contributed by atoms with Crippen LogP contribution in [0.4, 0.5) is 4.39 Å². The Labute approximate surface area is 96.4 Å². The molecule has 0 aromatic heterocycles. The third-order valence-electron chi connectivity index (χ3n) is 2.66. The molecular weight excluding hydrogens is 198 g/mol. The number of halogens is 1. The lowest BCUT2D eigenvalue weighted by molar-refractivity contribution is 0.626. The van der Waals surface area contributed by atoms with Gasteiger partial charge in [-0.05, 0) is 24.6 Å². The highest BCUT2D eigenvalue weighted by atomic mass is 19.1. The lowest BCUT2D eigenvalue weighted by Gasteiger charge is -2.17. The van der Waals surface area contributed by atoms with Crippen LogP contribution in [0, 0.1) is 12.7 Å². The van der Waals surface area contributed by atoms with Crippen LogP contribution < -0.4 is 5.46 Å². The summed E-state index contributed by atoms with van der Waals surface area (Å²) in [5.41, 5.74) is 3.38. The van der Waals surface area contributed by atoms with E-state index < -0.39 is 0 Å². The first kappa shape index (κ1) is 10.9. The second kappa shape index (κ2) is 4.97. The first-order chi connectivity index (χ1) is 7.75. The first-order valence-electron chi connectivity index (χ1n) is 5.39. The summed E-state index contributed by atoms with van der Waals surface area (Å²) < 4.78 is 12.9. The van der Waals surface area contributed by atoms with Crippen LogP contribution in [0.5, 0.6) is 0 Å². The molecule has 0 saturated carbocycles. The standard InChI is InChI=1S/C14H13BF/c1-11-9-14(16)8-7-12(11)10-15-13-5-3-2-4-6-13/h2-9H,10H2,1H3/q-1. The number of rotatable bonds is 3. The van der Waals surface area contributed by atoms with E-state index in [0.29, 0.717) is 0 Å². The highest BCUT2D eigenvalue weighted by Crippen LogP contribution is 2.10. The van der Waals surface area contributed by atoms with Gasteiger partial charge >= 0.3 is 0 Å². The third kappa shape index (κ3) is 2.72. The van der Waals surface area contributed by atoms with Crippen LogP contribution in [0.15, 0.2) is 48.5 Å². The van der Waals surface area contributed by atoms with Gasteiger partial charge < -0.3 is 0 Å². The summed E-state index contributed by atoms with van der Waals surface area (Å²) in [5, 5.41) is 0. The van der Waals surface area contributed by atoms with Gasteiger partial charge in [0, 0.05) is 0 Å². The van der Waals surface area contributed by atoms with Gasteiger partial charge in [-0.25, -0.2) is 10.7 Å². The average molecular weight is 211 g/mol. The number of hydrogen-bond donors (Lipinski definition) is 0. The van der Waals surface area contributed by atoms with E-state index in [-0.39, 0.29) is 5.82 Å². The number of aryl methyl sites for hydroxylation is 1. The summed E-state index contributed by atoms with van der Waals surface area (Å²) in [6, 6.07) is 15.1. The molecule has 0 aliphatic heterocycles. The van der Waals surface area contributed by atoms with E-state index in [2.05, 4.69) is 19.4 Å². The van der Waals surface area contributed by atoms with E-state index in [1.54, 1.807) is 6.07 Å². The Bertz CT molecular complexity index is 465. The van der Waals surface area contributed by atoms with Gasteiger partial charge in [0.25, 0.3) is 0 Å². The summed E-state index contributed by atoms with van der Waals surface area (Å²) in [4.78, 5) is 0. The fourth-order valence-electron chi connectivity index (χ4n) is 1.71. The molecular formula is C14H13BF-. The molecule has 0 bridgehead atoms. The SMILES string of the molecule is Cc1cc(F)ccc1C[B-]c1ccccc1. The molecule has 80 valence electrons. The maximum absolute atomic E-state index is 12.9. The van der Waals surface area contributed by atoms with Crippen molar-refractivity contribution in [2.45, 2.75) is 13.2 Å². The number of benzene rings is 2. The van der Waals surface area contributed by atoms with Crippen molar-refractivity contribution in [1.82, 2.24) is 0 Å². The van der Waals surface area contributed by atoms with Crippen LogP contribution in [-0.2, 0) is 6.32 Å². The van der Waals surface area contributed by atoms with E-state index >= 15 is 0 Å². The zero-order valence-corrected chi connectivity index (χ0v) is 9.28. The zero-order valence-electron chi connectivity index (χ0n) is 9.28. The van der Waals surface area contributed by atoms with Crippen LogP contribution in [-0.4, -0.2) is 7.28 Å². The second-order valence-corrected chi connectivity index (χ2v) is 3.89. The van der Waals surface area contributed by atoms with Gasteiger partial charge in [-0.1, -0.05) is 29.8 Å². The van der Waals surface area contributed by atoms with Gasteiger partial charge in [-0.2, -0.15) is 0 Å². The van der Waals surface area contributed by atoms with E-state index in [1.165, 1.54) is 17.1 Å². The van der Waals surface area contributed by atoms with Crippen molar-refractivity contribution >= 4 is 12.7 Å². The lowest BCUT2D eigenvalue weighted by atomic mass is 9.65. The Morgan fingerprint density at radius 1 is 1.06 bits per heavy atom. The quantitative estimate of drug-likeness (QED) is 0.684. The second-order valence-electron chi connectivity index (χ2n) is 3.89. The first-order valence-corrected chi connectivity index (χ1v) is 5.39. The largest absolute Gasteiger partial charge is 0.291 e. The predicted octanol–water partition coefficient (Wildman–Crippen LogP) is 2.66. The molecule has 2 aromatic carbocycles. The molecule has 2 aromatic rings. The Balaban J connectivity index is 2.05. The molecule has 0 N–H and O–H groups in total. The van der Waals surface area contributed by atoms with Gasteiger partial charge in [0.1, 0.15) is 5.82 Å². The Kier molecular flexibility index (Phi) is 3.40. The van der Waals surface area contributed by atoms with Gasteiger partial charge in [0.2, 0.25) is 0 Å². The van der Waals surface area contributed by atoms with Crippen molar-refractivity contribution in [2.75, 3.05) is 0 Å². The molecule has 0 unspecified atom stereocenters. The van der Waals surface area contributed by atoms with Gasteiger partial charge in [-0.3, -0.25) is 12.7 Å². The van der Waals surface area contributed by atoms with E-state index in [9.17, 15) is 4.39 Å². The molecule has 2 rings (SSSR count). The Morgan fingerprint density at radius 3 is 2.50 bits per heavy atom. The fourth-order valence-corrected chi connectivity index (χ4v) is 1.71. The Hall–Kier alpha value is -1.57. The molecule has 16 heavy (non-hydrogen) atoms. The van der Waals surface area contributed by atoms with Crippen LogP contribution in [0.2, 0.25) is 0 Å². The summed E-state index contributed by atoms with van der Waals surface area (Å²) in [6.45, 7) is 1.94. The summed E-state index contributed by atoms with van der Waals surface area (Å²) in [6.07, 6.45) is 0.843. The van der Waals surface area contributed by atoms with Gasteiger partial charge in [0.05, 0.1) is 0 Å². The van der Waals surface area contributed by atoms with Crippen LogP contribution in [0.25, 0.3) is 0 Å². The highest BCUT2D eigenvalue weighted by molar-refractivity contribution is 6.52.